The zero-order valence-corrected chi connectivity index (χ0v) is 14.7. The summed E-state index contributed by atoms with van der Waals surface area (Å²) in [5.74, 6) is 0.716. The van der Waals surface area contributed by atoms with Gasteiger partial charge in [0.25, 0.3) is 5.91 Å². The van der Waals surface area contributed by atoms with Gasteiger partial charge in [0.2, 0.25) is 0 Å². The molecule has 6 heteroatoms. The number of hydrogen-bond acceptors (Lipinski definition) is 3. The minimum absolute atomic E-state index is 0.324. The Morgan fingerprint density at radius 1 is 1.17 bits per heavy atom. The highest BCUT2D eigenvalue weighted by Crippen LogP contribution is 2.30. The van der Waals surface area contributed by atoms with Crippen LogP contribution in [-0.4, -0.2) is 19.1 Å². The lowest BCUT2D eigenvalue weighted by molar-refractivity contribution is 0.102. The monoisotopic (exact) mass is 365 g/mol. The lowest BCUT2D eigenvalue weighted by Gasteiger charge is -2.13. The van der Waals surface area contributed by atoms with Crippen LogP contribution in [-0.2, 0) is 0 Å². The first-order chi connectivity index (χ1) is 11.5. The molecule has 0 saturated heterocycles. The fourth-order valence-corrected chi connectivity index (χ4v) is 2.31. The molecule has 0 atom stereocenters. The van der Waals surface area contributed by atoms with Gasteiger partial charge in [0.05, 0.1) is 17.3 Å². The molecule has 2 aromatic rings. The molecule has 0 bridgehead atoms. The van der Waals surface area contributed by atoms with Crippen LogP contribution < -0.4 is 14.8 Å². The largest absolute Gasteiger partial charge is 0.490 e. The Kier molecular flexibility index (Phi) is 6.53. The second kappa shape index (κ2) is 8.62. The topological polar surface area (TPSA) is 47.6 Å². The number of carbonyl (C=O) groups is 1. The van der Waals surface area contributed by atoms with Crippen molar-refractivity contribution in [2.45, 2.75) is 6.92 Å². The summed E-state index contributed by atoms with van der Waals surface area (Å²) in [5, 5.41) is 3.62. The van der Waals surface area contributed by atoms with Crippen molar-refractivity contribution in [3.8, 4) is 11.5 Å². The zero-order valence-electron chi connectivity index (χ0n) is 13.1. The maximum Gasteiger partial charge on any atom is 0.255 e. The van der Waals surface area contributed by atoms with E-state index in [4.69, 9.17) is 32.7 Å². The molecule has 1 N–H and O–H groups in total. The summed E-state index contributed by atoms with van der Waals surface area (Å²) in [4.78, 5) is 12.4. The summed E-state index contributed by atoms with van der Waals surface area (Å²) in [5.41, 5.74) is 0.861. The smallest absolute Gasteiger partial charge is 0.255 e. The number of benzene rings is 2. The van der Waals surface area contributed by atoms with E-state index in [1.54, 1.807) is 42.5 Å². The van der Waals surface area contributed by atoms with E-state index >= 15 is 0 Å². The van der Waals surface area contributed by atoms with Gasteiger partial charge in [-0.15, -0.1) is 0 Å². The third kappa shape index (κ3) is 4.66. The average molecular weight is 366 g/mol. The Hall–Kier alpha value is -2.17. The summed E-state index contributed by atoms with van der Waals surface area (Å²) in [6.45, 7) is 6.27. The molecule has 0 fully saturated rings. The Balaban J connectivity index is 2.23. The summed E-state index contributed by atoms with van der Waals surface area (Å²) >= 11 is 12.0. The third-order valence-electron chi connectivity index (χ3n) is 3.04. The minimum atomic E-state index is -0.324. The molecule has 0 aliphatic rings. The van der Waals surface area contributed by atoms with Gasteiger partial charge in [0.15, 0.2) is 11.5 Å². The second-order valence-corrected chi connectivity index (χ2v) is 5.62. The molecular formula is C18H17Cl2NO3. The number of anilines is 1. The molecule has 0 spiro atoms. The van der Waals surface area contributed by atoms with Crippen molar-refractivity contribution >= 4 is 34.8 Å². The van der Waals surface area contributed by atoms with Crippen LogP contribution in [0.2, 0.25) is 10.0 Å². The van der Waals surface area contributed by atoms with Crippen molar-refractivity contribution in [3.63, 3.8) is 0 Å². The van der Waals surface area contributed by atoms with Gasteiger partial charge in [0, 0.05) is 10.6 Å². The van der Waals surface area contributed by atoms with Crippen LogP contribution in [0.1, 0.15) is 17.3 Å². The van der Waals surface area contributed by atoms with Gasteiger partial charge >= 0.3 is 0 Å². The Bertz CT molecular complexity index is 747. The van der Waals surface area contributed by atoms with Crippen LogP contribution in [0.3, 0.4) is 0 Å². The highest BCUT2D eigenvalue weighted by atomic mass is 35.5. The molecule has 0 aromatic heterocycles. The molecule has 0 aliphatic carbocycles. The van der Waals surface area contributed by atoms with Gasteiger partial charge in [-0.2, -0.15) is 0 Å². The van der Waals surface area contributed by atoms with Crippen molar-refractivity contribution in [2.24, 2.45) is 0 Å². The first-order valence-corrected chi connectivity index (χ1v) is 8.07. The number of hydrogen-bond donors (Lipinski definition) is 1. The SMILES string of the molecule is C=CCOc1ccc(C(=O)Nc2cc(Cl)ccc2Cl)cc1OCC. The van der Waals surface area contributed by atoms with E-state index in [0.29, 0.717) is 46.0 Å². The average Bonchev–Trinajstić information content (AvgIpc) is 2.57. The summed E-state index contributed by atoms with van der Waals surface area (Å²) in [6, 6.07) is 9.82. The van der Waals surface area contributed by atoms with E-state index in [2.05, 4.69) is 11.9 Å². The molecule has 0 aliphatic heterocycles. The molecular weight excluding hydrogens is 349 g/mol. The third-order valence-corrected chi connectivity index (χ3v) is 3.60. The number of rotatable bonds is 7. The van der Waals surface area contributed by atoms with E-state index < -0.39 is 0 Å². The molecule has 0 saturated carbocycles. The molecule has 24 heavy (non-hydrogen) atoms. The maximum absolute atomic E-state index is 12.4. The molecule has 0 unspecified atom stereocenters. The van der Waals surface area contributed by atoms with Crippen molar-refractivity contribution in [2.75, 3.05) is 18.5 Å². The van der Waals surface area contributed by atoms with Gasteiger partial charge in [-0.3, -0.25) is 4.79 Å². The van der Waals surface area contributed by atoms with Gasteiger partial charge < -0.3 is 14.8 Å². The standard InChI is InChI=1S/C18H17Cl2NO3/c1-3-9-24-16-8-5-12(10-17(16)23-4-2)18(22)21-15-11-13(19)6-7-14(15)20/h3,5-8,10-11H,1,4,9H2,2H3,(H,21,22). The van der Waals surface area contributed by atoms with E-state index in [0.717, 1.165) is 0 Å². The van der Waals surface area contributed by atoms with Crippen molar-refractivity contribution in [1.82, 2.24) is 0 Å². The van der Waals surface area contributed by atoms with Crippen LogP contribution >= 0.6 is 23.2 Å². The van der Waals surface area contributed by atoms with E-state index in [1.807, 2.05) is 6.92 Å². The van der Waals surface area contributed by atoms with Crippen molar-refractivity contribution < 1.29 is 14.3 Å². The number of ether oxygens (including phenoxy) is 2. The Labute approximate surface area is 151 Å². The molecule has 0 heterocycles. The Morgan fingerprint density at radius 2 is 1.96 bits per heavy atom. The van der Waals surface area contributed by atoms with E-state index in [-0.39, 0.29) is 5.91 Å². The Morgan fingerprint density at radius 3 is 2.67 bits per heavy atom. The van der Waals surface area contributed by atoms with Crippen LogP contribution in [0.15, 0.2) is 49.1 Å². The number of carbonyl (C=O) groups excluding carboxylic acids is 1. The maximum atomic E-state index is 12.4. The molecule has 2 aromatic carbocycles. The minimum Gasteiger partial charge on any atom is -0.490 e. The second-order valence-electron chi connectivity index (χ2n) is 4.77. The van der Waals surface area contributed by atoms with E-state index in [9.17, 15) is 4.79 Å². The van der Waals surface area contributed by atoms with Crippen molar-refractivity contribution in [3.05, 3.63) is 64.7 Å². The zero-order chi connectivity index (χ0) is 17.5. The molecule has 2 rings (SSSR count). The number of amides is 1. The van der Waals surface area contributed by atoms with Gasteiger partial charge in [-0.1, -0.05) is 35.9 Å². The van der Waals surface area contributed by atoms with Gasteiger partial charge in [-0.05, 0) is 43.3 Å². The normalized spacial score (nSPS) is 10.1. The van der Waals surface area contributed by atoms with Gasteiger partial charge in [0.1, 0.15) is 6.61 Å². The first-order valence-electron chi connectivity index (χ1n) is 7.32. The summed E-state index contributed by atoms with van der Waals surface area (Å²) < 4.78 is 11.0. The van der Waals surface area contributed by atoms with Crippen LogP contribution in [0.5, 0.6) is 11.5 Å². The van der Waals surface area contributed by atoms with E-state index in [1.165, 1.54) is 0 Å². The van der Waals surface area contributed by atoms with Crippen LogP contribution in [0, 0.1) is 0 Å². The highest BCUT2D eigenvalue weighted by molar-refractivity contribution is 6.35. The quantitative estimate of drug-likeness (QED) is 0.685. The van der Waals surface area contributed by atoms with Crippen LogP contribution in [0.4, 0.5) is 5.69 Å². The fraction of sp³-hybridized carbons (Fsp3) is 0.167. The predicted octanol–water partition coefficient (Wildman–Crippen LogP) is 5.21. The number of halogens is 2. The lowest BCUT2D eigenvalue weighted by Crippen LogP contribution is -2.12. The molecule has 1 amide bonds. The summed E-state index contributed by atoms with van der Waals surface area (Å²) in [7, 11) is 0. The van der Waals surface area contributed by atoms with Crippen LogP contribution in [0.25, 0.3) is 0 Å². The summed E-state index contributed by atoms with van der Waals surface area (Å²) in [6.07, 6.45) is 1.64. The number of nitrogens with one attached hydrogen (secondary N) is 1. The first kappa shape index (κ1) is 18.2. The lowest BCUT2D eigenvalue weighted by atomic mass is 10.1. The highest BCUT2D eigenvalue weighted by Gasteiger charge is 2.13. The molecule has 126 valence electrons. The van der Waals surface area contributed by atoms with Gasteiger partial charge in [-0.25, -0.2) is 0 Å². The fourth-order valence-electron chi connectivity index (χ4n) is 1.97. The molecule has 4 nitrogen and oxygen atoms in total. The molecule has 0 radical (unpaired) electrons. The predicted molar refractivity (Wildman–Crippen MR) is 97.7 cm³/mol. The van der Waals surface area contributed by atoms with Crippen molar-refractivity contribution in [1.29, 1.82) is 0 Å².